The number of hydrogen-bond acceptors (Lipinski definition) is 2. The molecule has 0 bridgehead atoms. The molecule has 0 fully saturated rings. The highest BCUT2D eigenvalue weighted by Crippen LogP contribution is 2.20. The second kappa shape index (κ2) is 4.11. The first-order valence-electron chi connectivity index (χ1n) is 5.27. The Kier molecular flexibility index (Phi) is 2.85. The molecule has 2 heteroatoms. The quantitative estimate of drug-likeness (QED) is 0.766. The summed E-state index contributed by atoms with van der Waals surface area (Å²) in [5, 5.41) is 9.03. The van der Waals surface area contributed by atoms with Crippen LogP contribution in [0.1, 0.15) is 23.6 Å². The average molecular weight is 191 g/mol. The standard InChI is InChI=1S/C12H17NO/c1-2-13-6-5-11-7-10(9-14)3-4-12(11)8-13/h3-4,7,14H,2,5-6,8-9H2,1H3. The van der Waals surface area contributed by atoms with Gasteiger partial charge in [-0.3, -0.25) is 4.90 Å². The van der Waals surface area contributed by atoms with Gasteiger partial charge >= 0.3 is 0 Å². The fourth-order valence-electron chi connectivity index (χ4n) is 2.03. The lowest BCUT2D eigenvalue weighted by molar-refractivity contribution is 0.266. The minimum absolute atomic E-state index is 0.158. The van der Waals surface area contributed by atoms with Crippen LogP contribution >= 0.6 is 0 Å². The smallest absolute Gasteiger partial charge is 0.0681 e. The van der Waals surface area contributed by atoms with E-state index in [1.165, 1.54) is 11.1 Å². The number of nitrogens with zero attached hydrogens (tertiary/aromatic N) is 1. The van der Waals surface area contributed by atoms with E-state index in [-0.39, 0.29) is 6.61 Å². The molecule has 1 aromatic carbocycles. The summed E-state index contributed by atoms with van der Waals surface area (Å²) in [6.45, 7) is 5.70. The van der Waals surface area contributed by atoms with Gasteiger partial charge in [-0.15, -0.1) is 0 Å². The van der Waals surface area contributed by atoms with Crippen molar-refractivity contribution in [2.75, 3.05) is 13.1 Å². The molecule has 0 unspecified atom stereocenters. The van der Waals surface area contributed by atoms with Crippen molar-refractivity contribution in [3.63, 3.8) is 0 Å². The third kappa shape index (κ3) is 1.81. The summed E-state index contributed by atoms with van der Waals surface area (Å²) in [6, 6.07) is 6.32. The maximum atomic E-state index is 9.03. The molecule has 1 aromatic rings. The third-order valence-corrected chi connectivity index (χ3v) is 2.99. The van der Waals surface area contributed by atoms with Crippen LogP contribution in [0.3, 0.4) is 0 Å². The van der Waals surface area contributed by atoms with Crippen LogP contribution in [0.25, 0.3) is 0 Å². The minimum Gasteiger partial charge on any atom is -0.392 e. The second-order valence-electron chi connectivity index (χ2n) is 3.88. The summed E-state index contributed by atoms with van der Waals surface area (Å²) in [5.74, 6) is 0. The fraction of sp³-hybridized carbons (Fsp3) is 0.500. The van der Waals surface area contributed by atoms with E-state index < -0.39 is 0 Å². The second-order valence-corrected chi connectivity index (χ2v) is 3.88. The third-order valence-electron chi connectivity index (χ3n) is 2.99. The number of aliphatic hydroxyl groups is 1. The van der Waals surface area contributed by atoms with Crippen molar-refractivity contribution < 1.29 is 5.11 Å². The molecule has 0 radical (unpaired) electrons. The van der Waals surface area contributed by atoms with E-state index >= 15 is 0 Å². The molecule has 0 spiro atoms. The van der Waals surface area contributed by atoms with Crippen LogP contribution in [0.5, 0.6) is 0 Å². The first kappa shape index (κ1) is 9.69. The van der Waals surface area contributed by atoms with Gasteiger partial charge in [0.05, 0.1) is 6.61 Å². The van der Waals surface area contributed by atoms with Gasteiger partial charge in [-0.05, 0) is 29.7 Å². The van der Waals surface area contributed by atoms with Crippen molar-refractivity contribution in [1.29, 1.82) is 0 Å². The number of aliphatic hydroxyl groups excluding tert-OH is 1. The highest BCUT2D eigenvalue weighted by Gasteiger charge is 2.14. The number of benzene rings is 1. The molecule has 0 saturated heterocycles. The zero-order chi connectivity index (χ0) is 9.97. The van der Waals surface area contributed by atoms with Gasteiger partial charge in [0.1, 0.15) is 0 Å². The fourth-order valence-corrected chi connectivity index (χ4v) is 2.03. The van der Waals surface area contributed by atoms with E-state index in [1.807, 2.05) is 6.07 Å². The summed E-state index contributed by atoms with van der Waals surface area (Å²) in [6.07, 6.45) is 1.12. The maximum absolute atomic E-state index is 9.03. The molecule has 1 aliphatic heterocycles. The maximum Gasteiger partial charge on any atom is 0.0681 e. The zero-order valence-corrected chi connectivity index (χ0v) is 8.66. The highest BCUT2D eigenvalue weighted by atomic mass is 16.3. The molecule has 2 nitrogen and oxygen atoms in total. The molecule has 1 N–H and O–H groups in total. The van der Waals surface area contributed by atoms with Gasteiger partial charge in [0.25, 0.3) is 0 Å². The van der Waals surface area contributed by atoms with E-state index in [4.69, 9.17) is 5.11 Å². The van der Waals surface area contributed by atoms with Gasteiger partial charge < -0.3 is 5.11 Å². The SMILES string of the molecule is CCN1CCc2cc(CO)ccc2C1. The Morgan fingerprint density at radius 1 is 1.36 bits per heavy atom. The largest absolute Gasteiger partial charge is 0.392 e. The molecule has 2 rings (SSSR count). The van der Waals surface area contributed by atoms with Crippen LogP contribution < -0.4 is 0 Å². The van der Waals surface area contributed by atoms with E-state index in [0.717, 1.165) is 31.6 Å². The van der Waals surface area contributed by atoms with Crippen LogP contribution in [0.15, 0.2) is 18.2 Å². The predicted molar refractivity (Wildman–Crippen MR) is 57.0 cm³/mol. The summed E-state index contributed by atoms with van der Waals surface area (Å²) < 4.78 is 0. The lowest BCUT2D eigenvalue weighted by atomic mass is 9.97. The molecule has 0 atom stereocenters. The summed E-state index contributed by atoms with van der Waals surface area (Å²) in [5.41, 5.74) is 3.88. The van der Waals surface area contributed by atoms with Crippen LogP contribution in [-0.2, 0) is 19.6 Å². The zero-order valence-electron chi connectivity index (χ0n) is 8.66. The molecule has 1 aliphatic rings. The molecule has 1 heterocycles. The monoisotopic (exact) mass is 191 g/mol. The van der Waals surface area contributed by atoms with Gasteiger partial charge in [-0.25, -0.2) is 0 Å². The minimum atomic E-state index is 0.158. The molecule has 0 saturated carbocycles. The average Bonchev–Trinajstić information content (AvgIpc) is 2.27. The van der Waals surface area contributed by atoms with E-state index in [1.54, 1.807) is 0 Å². The molecular formula is C12H17NO. The van der Waals surface area contributed by atoms with Gasteiger partial charge in [-0.1, -0.05) is 25.1 Å². The lowest BCUT2D eigenvalue weighted by Gasteiger charge is -2.27. The molecule has 0 amide bonds. The Bertz CT molecular complexity index is 322. The van der Waals surface area contributed by atoms with Crippen molar-refractivity contribution in [2.24, 2.45) is 0 Å². The van der Waals surface area contributed by atoms with E-state index in [2.05, 4.69) is 24.0 Å². The number of hydrogen-bond donors (Lipinski definition) is 1. The molecule has 76 valence electrons. The Labute approximate surface area is 85.2 Å². The van der Waals surface area contributed by atoms with Crippen molar-refractivity contribution in [3.8, 4) is 0 Å². The molecule has 0 aromatic heterocycles. The van der Waals surface area contributed by atoms with Crippen LogP contribution in [-0.4, -0.2) is 23.1 Å². The Morgan fingerprint density at radius 3 is 2.93 bits per heavy atom. The van der Waals surface area contributed by atoms with E-state index in [0.29, 0.717) is 0 Å². The first-order valence-corrected chi connectivity index (χ1v) is 5.27. The summed E-state index contributed by atoms with van der Waals surface area (Å²) in [4.78, 5) is 2.45. The first-order chi connectivity index (χ1) is 6.83. The van der Waals surface area contributed by atoms with Crippen LogP contribution in [0.4, 0.5) is 0 Å². The van der Waals surface area contributed by atoms with Crippen LogP contribution in [0.2, 0.25) is 0 Å². The van der Waals surface area contributed by atoms with Gasteiger partial charge in [0, 0.05) is 13.1 Å². The number of fused-ring (bicyclic) bond motifs is 1. The molecule has 14 heavy (non-hydrogen) atoms. The number of likely N-dealkylation sites (N-methyl/N-ethyl adjacent to an activating group) is 1. The van der Waals surface area contributed by atoms with Gasteiger partial charge in [-0.2, -0.15) is 0 Å². The Balaban J connectivity index is 2.23. The Hall–Kier alpha value is -0.860. The highest BCUT2D eigenvalue weighted by molar-refractivity contribution is 5.33. The van der Waals surface area contributed by atoms with Gasteiger partial charge in [0.15, 0.2) is 0 Å². The van der Waals surface area contributed by atoms with Crippen molar-refractivity contribution in [2.45, 2.75) is 26.5 Å². The molecular weight excluding hydrogens is 174 g/mol. The van der Waals surface area contributed by atoms with Gasteiger partial charge in [0.2, 0.25) is 0 Å². The lowest BCUT2D eigenvalue weighted by Crippen LogP contribution is -2.30. The van der Waals surface area contributed by atoms with Crippen LogP contribution in [0, 0.1) is 0 Å². The summed E-state index contributed by atoms with van der Waals surface area (Å²) in [7, 11) is 0. The number of rotatable bonds is 2. The summed E-state index contributed by atoms with van der Waals surface area (Å²) >= 11 is 0. The van der Waals surface area contributed by atoms with Crippen molar-refractivity contribution in [1.82, 2.24) is 4.90 Å². The van der Waals surface area contributed by atoms with Crippen molar-refractivity contribution >= 4 is 0 Å². The van der Waals surface area contributed by atoms with Crippen molar-refractivity contribution in [3.05, 3.63) is 34.9 Å². The Morgan fingerprint density at radius 2 is 2.21 bits per heavy atom. The topological polar surface area (TPSA) is 23.5 Å². The normalized spacial score (nSPS) is 16.7. The van der Waals surface area contributed by atoms with E-state index in [9.17, 15) is 0 Å². The predicted octanol–water partition coefficient (Wildman–Crippen LogP) is 1.56. The molecule has 0 aliphatic carbocycles.